The van der Waals surface area contributed by atoms with E-state index < -0.39 is 0 Å². The summed E-state index contributed by atoms with van der Waals surface area (Å²) >= 11 is 3.32. The van der Waals surface area contributed by atoms with Crippen LogP contribution in [0.25, 0.3) is 0 Å². The van der Waals surface area contributed by atoms with Crippen LogP contribution in [-0.2, 0) is 0 Å². The highest BCUT2D eigenvalue weighted by atomic mass is 79.9. The molecule has 14 heavy (non-hydrogen) atoms. The summed E-state index contributed by atoms with van der Waals surface area (Å²) in [6, 6.07) is 0. The van der Waals surface area contributed by atoms with Crippen LogP contribution in [-0.4, -0.2) is 23.1 Å². The van der Waals surface area contributed by atoms with E-state index in [9.17, 15) is 0 Å². The fraction of sp³-hybridized carbons (Fsp3) is 0.333. The van der Waals surface area contributed by atoms with Crippen LogP contribution in [0.4, 0.5) is 5.82 Å². The minimum absolute atomic E-state index is 0.314. The van der Waals surface area contributed by atoms with Crippen molar-refractivity contribution in [2.24, 2.45) is 0 Å². The van der Waals surface area contributed by atoms with E-state index in [0.717, 1.165) is 0 Å². The van der Waals surface area contributed by atoms with Gasteiger partial charge in [0.2, 0.25) is 5.88 Å². The number of nitrogens with zero attached hydrogens (tertiary/aromatic N) is 2. The number of rotatable bonds is 3. The number of halogens is 1. The molecule has 0 amide bonds. The summed E-state index contributed by atoms with van der Waals surface area (Å²) in [6.07, 6.45) is 6.29. The van der Waals surface area contributed by atoms with Crippen molar-refractivity contribution in [1.82, 2.24) is 9.97 Å². The molecule has 74 valence electrons. The van der Waals surface area contributed by atoms with Gasteiger partial charge in [0.25, 0.3) is 0 Å². The third-order valence-corrected chi connectivity index (χ3v) is 2.23. The number of ether oxygens (including phenoxy) is 1. The molecule has 0 aliphatic carbocycles. The third kappa shape index (κ3) is 2.36. The van der Waals surface area contributed by atoms with Crippen molar-refractivity contribution in [1.29, 1.82) is 0 Å². The van der Waals surface area contributed by atoms with Crippen LogP contribution in [0, 0.1) is 12.3 Å². The predicted octanol–water partition coefficient (Wildman–Crippen LogP) is 1.68. The molecule has 0 saturated carbocycles. The monoisotopic (exact) mass is 255 g/mol. The Hall–Kier alpha value is -1.28. The van der Waals surface area contributed by atoms with Gasteiger partial charge in [-0.2, -0.15) is 0 Å². The third-order valence-electron chi connectivity index (χ3n) is 1.52. The quantitative estimate of drug-likeness (QED) is 0.836. The highest BCUT2D eigenvalue weighted by Gasteiger charge is 2.10. The minimum Gasteiger partial charge on any atom is -0.461 e. The summed E-state index contributed by atoms with van der Waals surface area (Å²) in [7, 11) is 1.77. The molecule has 0 spiro atoms. The molecule has 1 rings (SSSR count). The Bertz CT molecular complexity index is 362. The van der Waals surface area contributed by atoms with Gasteiger partial charge in [-0.1, -0.05) is 5.92 Å². The van der Waals surface area contributed by atoms with Crippen molar-refractivity contribution in [3.63, 3.8) is 0 Å². The number of aromatic nitrogens is 2. The highest BCUT2D eigenvalue weighted by molar-refractivity contribution is 9.10. The second-order valence-electron chi connectivity index (χ2n) is 2.52. The van der Waals surface area contributed by atoms with Crippen molar-refractivity contribution in [2.75, 3.05) is 12.4 Å². The summed E-state index contributed by atoms with van der Waals surface area (Å²) in [5.41, 5.74) is 0. The van der Waals surface area contributed by atoms with Gasteiger partial charge < -0.3 is 10.1 Å². The van der Waals surface area contributed by atoms with E-state index in [4.69, 9.17) is 11.2 Å². The van der Waals surface area contributed by atoms with Crippen LogP contribution in [0.1, 0.15) is 6.92 Å². The first kappa shape index (κ1) is 10.8. The zero-order valence-corrected chi connectivity index (χ0v) is 9.50. The van der Waals surface area contributed by atoms with E-state index in [1.54, 1.807) is 14.0 Å². The van der Waals surface area contributed by atoms with E-state index in [2.05, 4.69) is 37.1 Å². The molecule has 1 aromatic heterocycles. The number of anilines is 1. The van der Waals surface area contributed by atoms with E-state index in [0.29, 0.717) is 16.2 Å². The average molecular weight is 256 g/mol. The van der Waals surface area contributed by atoms with Gasteiger partial charge in [-0.3, -0.25) is 0 Å². The SMILES string of the molecule is C#CC(C)Oc1ncnc(NC)c1Br. The van der Waals surface area contributed by atoms with E-state index in [-0.39, 0.29) is 6.10 Å². The van der Waals surface area contributed by atoms with Gasteiger partial charge in [-0.05, 0) is 22.9 Å². The number of nitrogens with one attached hydrogen (secondary N) is 1. The predicted molar refractivity (Wildman–Crippen MR) is 58.2 cm³/mol. The molecule has 1 heterocycles. The van der Waals surface area contributed by atoms with Crippen molar-refractivity contribution in [3.8, 4) is 18.2 Å². The Balaban J connectivity index is 2.93. The van der Waals surface area contributed by atoms with Gasteiger partial charge in [0.1, 0.15) is 16.6 Å². The van der Waals surface area contributed by atoms with Gasteiger partial charge >= 0.3 is 0 Å². The molecule has 5 heteroatoms. The second kappa shape index (κ2) is 4.82. The van der Waals surface area contributed by atoms with Crippen LogP contribution < -0.4 is 10.1 Å². The lowest BCUT2D eigenvalue weighted by atomic mass is 10.4. The van der Waals surface area contributed by atoms with E-state index in [1.807, 2.05) is 0 Å². The van der Waals surface area contributed by atoms with Crippen molar-refractivity contribution in [2.45, 2.75) is 13.0 Å². The molecule has 1 unspecified atom stereocenters. The van der Waals surface area contributed by atoms with Crippen molar-refractivity contribution >= 4 is 21.7 Å². The fourth-order valence-electron chi connectivity index (χ4n) is 0.812. The first-order chi connectivity index (χ1) is 6.69. The average Bonchev–Trinajstić information content (AvgIpc) is 2.21. The Morgan fingerprint density at radius 1 is 1.64 bits per heavy atom. The van der Waals surface area contributed by atoms with Crippen LogP contribution >= 0.6 is 15.9 Å². The summed E-state index contributed by atoms with van der Waals surface area (Å²) in [5, 5.41) is 2.90. The molecule has 0 fully saturated rings. The van der Waals surface area contributed by atoms with Crippen molar-refractivity contribution in [3.05, 3.63) is 10.8 Å². The highest BCUT2D eigenvalue weighted by Crippen LogP contribution is 2.28. The molecular weight excluding hydrogens is 246 g/mol. The van der Waals surface area contributed by atoms with Crippen LogP contribution in [0.15, 0.2) is 10.8 Å². The molecule has 1 N–H and O–H groups in total. The zero-order valence-electron chi connectivity index (χ0n) is 7.91. The topological polar surface area (TPSA) is 47.0 Å². The van der Waals surface area contributed by atoms with Crippen molar-refractivity contribution < 1.29 is 4.74 Å². The maximum Gasteiger partial charge on any atom is 0.234 e. The Labute approximate surface area is 91.2 Å². The normalized spacial score (nSPS) is 11.6. The molecule has 0 saturated heterocycles. The molecule has 4 nitrogen and oxygen atoms in total. The van der Waals surface area contributed by atoms with Crippen LogP contribution in [0.2, 0.25) is 0 Å². The van der Waals surface area contributed by atoms with Crippen LogP contribution in [0.5, 0.6) is 5.88 Å². The maximum absolute atomic E-state index is 5.36. The summed E-state index contributed by atoms with van der Waals surface area (Å²) in [4.78, 5) is 7.95. The minimum atomic E-state index is -0.314. The molecule has 0 bridgehead atoms. The Kier molecular flexibility index (Phi) is 3.72. The summed E-state index contributed by atoms with van der Waals surface area (Å²) < 4.78 is 6.03. The molecule has 0 aromatic carbocycles. The second-order valence-corrected chi connectivity index (χ2v) is 3.31. The van der Waals surface area contributed by atoms with Gasteiger partial charge in [0, 0.05) is 7.05 Å². The summed E-state index contributed by atoms with van der Waals surface area (Å²) in [6.45, 7) is 1.77. The van der Waals surface area contributed by atoms with E-state index in [1.165, 1.54) is 6.33 Å². The number of terminal acetylenes is 1. The largest absolute Gasteiger partial charge is 0.461 e. The smallest absolute Gasteiger partial charge is 0.234 e. The van der Waals surface area contributed by atoms with Crippen LogP contribution in [0.3, 0.4) is 0 Å². The lowest BCUT2D eigenvalue weighted by molar-refractivity contribution is 0.265. The zero-order chi connectivity index (χ0) is 10.6. The van der Waals surface area contributed by atoms with Gasteiger partial charge in [0.05, 0.1) is 0 Å². The van der Waals surface area contributed by atoms with Gasteiger partial charge in [0.15, 0.2) is 6.10 Å². The molecule has 0 aliphatic heterocycles. The standard InChI is InChI=1S/C9H10BrN3O/c1-4-6(2)14-9-7(10)8(11-3)12-5-13-9/h1,5-6H,2-3H3,(H,11,12,13). The van der Waals surface area contributed by atoms with E-state index >= 15 is 0 Å². The first-order valence-corrected chi connectivity index (χ1v) is 4.79. The molecule has 1 aromatic rings. The molecule has 1 atom stereocenters. The number of hydrogen-bond donors (Lipinski definition) is 1. The fourth-order valence-corrected chi connectivity index (χ4v) is 1.31. The first-order valence-electron chi connectivity index (χ1n) is 4.00. The Morgan fingerprint density at radius 2 is 2.36 bits per heavy atom. The van der Waals surface area contributed by atoms with Gasteiger partial charge in [-0.15, -0.1) is 6.42 Å². The molecule has 0 radical (unpaired) electrons. The lowest BCUT2D eigenvalue weighted by Crippen LogP contribution is -2.10. The van der Waals surface area contributed by atoms with Gasteiger partial charge in [-0.25, -0.2) is 9.97 Å². The Morgan fingerprint density at radius 3 is 2.93 bits per heavy atom. The number of hydrogen-bond acceptors (Lipinski definition) is 4. The summed E-state index contributed by atoms with van der Waals surface area (Å²) in [5.74, 6) is 3.56. The lowest BCUT2D eigenvalue weighted by Gasteiger charge is -2.10. The molecular formula is C9H10BrN3O. The maximum atomic E-state index is 5.36. The molecule has 0 aliphatic rings.